The van der Waals surface area contributed by atoms with Crippen LogP contribution in [0.1, 0.15) is 18.0 Å². The third kappa shape index (κ3) is 4.70. The van der Waals surface area contributed by atoms with Crippen molar-refractivity contribution < 1.29 is 19.4 Å². The van der Waals surface area contributed by atoms with Gasteiger partial charge in [0.05, 0.1) is 19.8 Å². The third-order valence-corrected chi connectivity index (χ3v) is 3.50. The van der Waals surface area contributed by atoms with Gasteiger partial charge in [0.2, 0.25) is 0 Å². The van der Waals surface area contributed by atoms with Crippen molar-refractivity contribution >= 4 is 5.97 Å². The highest BCUT2D eigenvalue weighted by atomic mass is 16.5. The average Bonchev–Trinajstić information content (AvgIpc) is 2.52. The number of rotatable bonds is 7. The highest BCUT2D eigenvalue weighted by Crippen LogP contribution is 2.23. The lowest BCUT2D eigenvalue weighted by atomic mass is 10.1. The van der Waals surface area contributed by atoms with Crippen molar-refractivity contribution in [2.24, 2.45) is 5.73 Å². The van der Waals surface area contributed by atoms with Crippen LogP contribution in [0.25, 0.3) is 0 Å². The molecule has 1 aromatic carbocycles. The Bertz CT molecular complexity index is 461. The fourth-order valence-corrected chi connectivity index (χ4v) is 2.30. The Morgan fingerprint density at radius 3 is 2.81 bits per heavy atom. The maximum Gasteiger partial charge on any atom is 0.325 e. The summed E-state index contributed by atoms with van der Waals surface area (Å²) in [5, 5.41) is 9.00. The summed E-state index contributed by atoms with van der Waals surface area (Å²) >= 11 is 0. The maximum atomic E-state index is 11.0. The van der Waals surface area contributed by atoms with Crippen molar-refractivity contribution in [3.63, 3.8) is 0 Å². The fraction of sp³-hybridized carbons (Fsp3) is 0.533. The summed E-state index contributed by atoms with van der Waals surface area (Å²) in [5.74, 6) is -0.506. The number of nitrogens with zero attached hydrogens (tertiary/aromatic N) is 1. The van der Waals surface area contributed by atoms with Crippen LogP contribution in [0.2, 0.25) is 0 Å². The number of carbonyl (C=O) groups is 1. The number of para-hydroxylation sites is 1. The van der Waals surface area contributed by atoms with Crippen LogP contribution >= 0.6 is 0 Å². The number of hydrogen-bond donors (Lipinski definition) is 2. The Labute approximate surface area is 124 Å². The summed E-state index contributed by atoms with van der Waals surface area (Å²) in [6.45, 7) is 4.99. The van der Waals surface area contributed by atoms with Gasteiger partial charge in [0.15, 0.2) is 0 Å². The molecule has 1 fully saturated rings. The normalized spacial score (nSPS) is 17.4. The zero-order valence-electron chi connectivity index (χ0n) is 12.0. The smallest absolute Gasteiger partial charge is 0.325 e. The van der Waals surface area contributed by atoms with Gasteiger partial charge in [-0.1, -0.05) is 18.2 Å². The molecule has 2 rings (SSSR count). The van der Waals surface area contributed by atoms with Crippen LogP contribution in [-0.2, 0) is 9.53 Å². The van der Waals surface area contributed by atoms with Gasteiger partial charge in [-0.15, -0.1) is 0 Å². The molecule has 1 saturated heterocycles. The molecular formula is C15H22N2O4. The summed E-state index contributed by atoms with van der Waals surface area (Å²) in [5.41, 5.74) is 6.17. The zero-order chi connectivity index (χ0) is 15.1. The SMILES string of the molecule is N[C@H](C(=O)O)c1ccccc1OCCCN1CCOCC1. The number of nitrogens with two attached hydrogens (primary N) is 1. The van der Waals surface area contributed by atoms with Gasteiger partial charge in [0, 0.05) is 25.2 Å². The van der Waals surface area contributed by atoms with Crippen LogP contribution in [-0.4, -0.2) is 55.4 Å². The monoisotopic (exact) mass is 294 g/mol. The van der Waals surface area contributed by atoms with Crippen LogP contribution in [0, 0.1) is 0 Å². The lowest BCUT2D eigenvalue weighted by molar-refractivity contribution is -0.138. The van der Waals surface area contributed by atoms with E-state index < -0.39 is 12.0 Å². The van der Waals surface area contributed by atoms with Crippen molar-refractivity contribution in [1.82, 2.24) is 4.90 Å². The minimum atomic E-state index is -1.06. The van der Waals surface area contributed by atoms with Crippen molar-refractivity contribution in [2.45, 2.75) is 12.5 Å². The molecule has 0 spiro atoms. The molecule has 3 N–H and O–H groups in total. The first-order chi connectivity index (χ1) is 10.2. The Hall–Kier alpha value is -1.63. The highest BCUT2D eigenvalue weighted by molar-refractivity contribution is 5.76. The number of benzene rings is 1. The molecule has 0 unspecified atom stereocenters. The van der Waals surface area contributed by atoms with E-state index in [-0.39, 0.29) is 0 Å². The van der Waals surface area contributed by atoms with E-state index in [1.54, 1.807) is 18.2 Å². The van der Waals surface area contributed by atoms with Crippen LogP contribution < -0.4 is 10.5 Å². The number of morpholine rings is 1. The molecule has 0 radical (unpaired) electrons. The van der Waals surface area contributed by atoms with E-state index in [2.05, 4.69) is 4.90 Å². The van der Waals surface area contributed by atoms with Gasteiger partial charge in [-0.25, -0.2) is 0 Å². The van der Waals surface area contributed by atoms with Gasteiger partial charge in [-0.2, -0.15) is 0 Å². The molecular weight excluding hydrogens is 272 g/mol. The molecule has 21 heavy (non-hydrogen) atoms. The molecule has 1 aliphatic rings. The molecule has 1 aliphatic heterocycles. The largest absolute Gasteiger partial charge is 0.493 e. The van der Waals surface area contributed by atoms with E-state index in [0.717, 1.165) is 39.3 Å². The maximum absolute atomic E-state index is 11.0. The Morgan fingerprint density at radius 1 is 1.38 bits per heavy atom. The van der Waals surface area contributed by atoms with Crippen LogP contribution in [0.4, 0.5) is 0 Å². The van der Waals surface area contributed by atoms with Crippen molar-refractivity contribution in [3.05, 3.63) is 29.8 Å². The van der Waals surface area contributed by atoms with E-state index in [9.17, 15) is 4.79 Å². The quantitative estimate of drug-likeness (QED) is 0.726. The topological polar surface area (TPSA) is 85.0 Å². The number of aliphatic carboxylic acids is 1. The molecule has 0 bridgehead atoms. The second-order valence-electron chi connectivity index (χ2n) is 5.01. The lowest BCUT2D eigenvalue weighted by Gasteiger charge is -2.26. The molecule has 0 aliphatic carbocycles. The van der Waals surface area contributed by atoms with Crippen molar-refractivity contribution in [2.75, 3.05) is 39.5 Å². The molecule has 0 amide bonds. The highest BCUT2D eigenvalue weighted by Gasteiger charge is 2.18. The predicted octanol–water partition coefficient (Wildman–Crippen LogP) is 0.872. The summed E-state index contributed by atoms with van der Waals surface area (Å²) in [7, 11) is 0. The number of ether oxygens (including phenoxy) is 2. The number of carboxylic acids is 1. The van der Waals surface area contributed by atoms with Crippen molar-refractivity contribution in [1.29, 1.82) is 0 Å². The van der Waals surface area contributed by atoms with Gasteiger partial charge in [0.25, 0.3) is 0 Å². The Kier molecular flexibility index (Phi) is 5.98. The molecule has 1 heterocycles. The van der Waals surface area contributed by atoms with Gasteiger partial charge in [0.1, 0.15) is 11.8 Å². The van der Waals surface area contributed by atoms with Gasteiger partial charge in [-0.05, 0) is 12.5 Å². The first-order valence-electron chi connectivity index (χ1n) is 7.18. The minimum absolute atomic E-state index is 0.511. The molecule has 0 aromatic heterocycles. The average molecular weight is 294 g/mol. The van der Waals surface area contributed by atoms with Gasteiger partial charge >= 0.3 is 5.97 Å². The molecule has 6 heteroatoms. The summed E-state index contributed by atoms with van der Waals surface area (Å²) in [4.78, 5) is 13.3. The summed E-state index contributed by atoms with van der Waals surface area (Å²) in [6, 6.07) is 5.97. The zero-order valence-corrected chi connectivity index (χ0v) is 12.0. The summed E-state index contributed by atoms with van der Waals surface area (Å²) in [6.07, 6.45) is 0.886. The van der Waals surface area contributed by atoms with Crippen LogP contribution in [0.5, 0.6) is 5.75 Å². The van der Waals surface area contributed by atoms with Crippen LogP contribution in [0.3, 0.4) is 0 Å². The van der Waals surface area contributed by atoms with Gasteiger partial charge in [-0.3, -0.25) is 9.69 Å². The lowest BCUT2D eigenvalue weighted by Crippen LogP contribution is -2.37. The number of hydrogen-bond acceptors (Lipinski definition) is 5. The molecule has 1 atom stereocenters. The predicted molar refractivity (Wildman–Crippen MR) is 78.4 cm³/mol. The van der Waals surface area contributed by atoms with Crippen molar-refractivity contribution in [3.8, 4) is 5.75 Å². The minimum Gasteiger partial charge on any atom is -0.493 e. The second-order valence-corrected chi connectivity index (χ2v) is 5.01. The molecule has 0 saturated carbocycles. The van der Waals surface area contributed by atoms with E-state index in [4.69, 9.17) is 20.3 Å². The fourth-order valence-electron chi connectivity index (χ4n) is 2.30. The van der Waals surface area contributed by atoms with E-state index in [0.29, 0.717) is 17.9 Å². The molecule has 6 nitrogen and oxygen atoms in total. The summed E-state index contributed by atoms with van der Waals surface area (Å²) < 4.78 is 11.0. The van der Waals surface area contributed by atoms with E-state index in [1.807, 2.05) is 6.07 Å². The number of carboxylic acid groups (broad SMARTS) is 1. The first kappa shape index (κ1) is 15.8. The van der Waals surface area contributed by atoms with Crippen LogP contribution in [0.15, 0.2) is 24.3 Å². The standard InChI is InChI=1S/C15H22N2O4/c16-14(15(18)19)12-4-1-2-5-13(12)21-9-3-6-17-7-10-20-11-8-17/h1-2,4-5,14H,3,6-11,16H2,(H,18,19)/t14-/m0/s1. The second kappa shape index (κ2) is 7.97. The first-order valence-corrected chi connectivity index (χ1v) is 7.18. The van der Waals surface area contributed by atoms with E-state index in [1.165, 1.54) is 0 Å². The molecule has 116 valence electrons. The van der Waals surface area contributed by atoms with Gasteiger partial charge < -0.3 is 20.3 Å². The Morgan fingerprint density at radius 2 is 2.10 bits per heavy atom. The third-order valence-electron chi connectivity index (χ3n) is 3.50. The Balaban J connectivity index is 1.81. The molecule has 1 aromatic rings. The van der Waals surface area contributed by atoms with E-state index >= 15 is 0 Å².